The van der Waals surface area contributed by atoms with E-state index in [1.807, 2.05) is 13.8 Å². The Labute approximate surface area is 152 Å². The molecule has 1 atom stereocenters. The van der Waals surface area contributed by atoms with Gasteiger partial charge in [-0.25, -0.2) is 13.8 Å². The first kappa shape index (κ1) is 18.1. The van der Waals surface area contributed by atoms with Crippen molar-refractivity contribution in [3.63, 3.8) is 0 Å². The highest BCUT2D eigenvalue weighted by atomic mass is 32.1. The van der Waals surface area contributed by atoms with Gasteiger partial charge in [-0.2, -0.15) is 0 Å². The number of amides is 1. The summed E-state index contributed by atoms with van der Waals surface area (Å²) in [5, 5.41) is 4.46. The summed E-state index contributed by atoms with van der Waals surface area (Å²) in [4.78, 5) is 37.9. The smallest absolute Gasteiger partial charge is 0.336 e. The maximum atomic E-state index is 14.2. The fourth-order valence-corrected chi connectivity index (χ4v) is 3.48. The number of benzene rings is 1. The maximum absolute atomic E-state index is 14.2. The zero-order valence-electron chi connectivity index (χ0n) is 14.4. The number of halogens is 1. The zero-order chi connectivity index (χ0) is 18.8. The summed E-state index contributed by atoms with van der Waals surface area (Å²) in [7, 11) is 0. The number of hydrogen-bond acceptors (Lipinski definition) is 4. The van der Waals surface area contributed by atoms with Crippen molar-refractivity contribution in [1.29, 1.82) is 0 Å². The monoisotopic (exact) mass is 375 g/mol. The number of nitrogens with one attached hydrogen (secondary N) is 1. The Bertz CT molecular complexity index is 1080. The van der Waals surface area contributed by atoms with Gasteiger partial charge in [0.2, 0.25) is 5.91 Å². The van der Waals surface area contributed by atoms with Gasteiger partial charge in [0.1, 0.15) is 17.1 Å². The summed E-state index contributed by atoms with van der Waals surface area (Å²) in [5.41, 5.74) is -1.10. The number of rotatable bonds is 5. The van der Waals surface area contributed by atoms with Crippen LogP contribution in [-0.4, -0.2) is 21.1 Å². The number of hydrogen-bond donors (Lipinski definition) is 1. The van der Waals surface area contributed by atoms with E-state index in [4.69, 9.17) is 0 Å². The maximum Gasteiger partial charge on any atom is 0.336 e. The highest BCUT2D eigenvalue weighted by Gasteiger charge is 2.19. The van der Waals surface area contributed by atoms with E-state index < -0.39 is 17.1 Å². The van der Waals surface area contributed by atoms with Crippen molar-refractivity contribution in [3.8, 4) is 5.69 Å². The van der Waals surface area contributed by atoms with Gasteiger partial charge in [-0.05, 0) is 36.9 Å². The normalized spacial score (nSPS) is 12.3. The van der Waals surface area contributed by atoms with Crippen LogP contribution in [0.2, 0.25) is 0 Å². The summed E-state index contributed by atoms with van der Waals surface area (Å²) in [6, 6.07) is 7.15. The van der Waals surface area contributed by atoms with Gasteiger partial charge in [0.05, 0.1) is 11.2 Å². The summed E-state index contributed by atoms with van der Waals surface area (Å²) < 4.78 is 16.5. The lowest BCUT2D eigenvalue weighted by Gasteiger charge is -2.15. The molecule has 0 bridgehead atoms. The van der Waals surface area contributed by atoms with Crippen LogP contribution in [0, 0.1) is 5.82 Å². The van der Waals surface area contributed by atoms with E-state index in [2.05, 4.69) is 5.32 Å². The van der Waals surface area contributed by atoms with Crippen LogP contribution in [0.3, 0.4) is 0 Å². The molecule has 0 radical (unpaired) electrons. The molecule has 0 fully saturated rings. The van der Waals surface area contributed by atoms with E-state index >= 15 is 0 Å². The topological polar surface area (TPSA) is 73.1 Å². The molecule has 1 aromatic carbocycles. The van der Waals surface area contributed by atoms with Crippen LogP contribution in [0.5, 0.6) is 0 Å². The number of thiophene rings is 1. The van der Waals surface area contributed by atoms with Crippen LogP contribution in [0.4, 0.5) is 4.39 Å². The Kier molecular flexibility index (Phi) is 5.03. The van der Waals surface area contributed by atoms with Gasteiger partial charge >= 0.3 is 5.69 Å². The minimum atomic E-state index is -0.745. The van der Waals surface area contributed by atoms with Crippen molar-refractivity contribution in [2.24, 2.45) is 0 Å². The Hall–Kier alpha value is -2.74. The lowest BCUT2D eigenvalue weighted by molar-refractivity contribution is -0.122. The van der Waals surface area contributed by atoms with Crippen molar-refractivity contribution < 1.29 is 9.18 Å². The quantitative estimate of drug-likeness (QED) is 0.744. The van der Waals surface area contributed by atoms with Crippen molar-refractivity contribution in [3.05, 3.63) is 62.4 Å². The minimum Gasteiger partial charge on any atom is -0.352 e. The van der Waals surface area contributed by atoms with Crippen LogP contribution in [0.25, 0.3) is 15.9 Å². The van der Waals surface area contributed by atoms with Gasteiger partial charge < -0.3 is 5.32 Å². The van der Waals surface area contributed by atoms with Crippen LogP contribution >= 0.6 is 11.3 Å². The molecule has 2 heterocycles. The Morgan fingerprint density at radius 2 is 2.00 bits per heavy atom. The van der Waals surface area contributed by atoms with E-state index in [0.717, 1.165) is 22.3 Å². The third-order valence-electron chi connectivity index (χ3n) is 4.17. The molecule has 1 N–H and O–H groups in total. The summed E-state index contributed by atoms with van der Waals surface area (Å²) >= 11 is 1.15. The number of para-hydroxylation sites is 1. The molecule has 0 saturated carbocycles. The van der Waals surface area contributed by atoms with Crippen molar-refractivity contribution in [1.82, 2.24) is 14.5 Å². The molecular weight excluding hydrogens is 357 g/mol. The molecule has 6 nitrogen and oxygen atoms in total. The first-order valence-corrected chi connectivity index (χ1v) is 9.09. The summed E-state index contributed by atoms with van der Waals surface area (Å²) in [6.07, 6.45) is 0.753. The highest BCUT2D eigenvalue weighted by molar-refractivity contribution is 7.17. The Balaban J connectivity index is 2.20. The number of aromatic nitrogens is 2. The second kappa shape index (κ2) is 7.25. The SMILES string of the molecule is CCC(C)NC(=O)Cn1c(=O)n(-c2ccccc2F)c(=O)c2sccc21. The van der Waals surface area contributed by atoms with E-state index in [1.54, 1.807) is 17.5 Å². The molecule has 0 aliphatic heterocycles. The predicted octanol–water partition coefficient (Wildman–Crippen LogP) is 2.27. The Morgan fingerprint density at radius 3 is 2.69 bits per heavy atom. The fraction of sp³-hybridized carbons (Fsp3) is 0.278. The lowest BCUT2D eigenvalue weighted by atomic mass is 10.2. The number of carbonyl (C=O) groups excluding carboxylic acids is 1. The average Bonchev–Trinajstić information content (AvgIpc) is 3.10. The first-order valence-electron chi connectivity index (χ1n) is 8.21. The lowest BCUT2D eigenvalue weighted by Crippen LogP contribution is -2.43. The van der Waals surface area contributed by atoms with Gasteiger partial charge in [-0.15, -0.1) is 11.3 Å². The second-order valence-electron chi connectivity index (χ2n) is 5.97. The van der Waals surface area contributed by atoms with E-state index in [0.29, 0.717) is 10.2 Å². The third-order valence-corrected chi connectivity index (χ3v) is 5.06. The van der Waals surface area contributed by atoms with Crippen molar-refractivity contribution in [2.75, 3.05) is 0 Å². The molecule has 2 aromatic heterocycles. The standard InChI is InChI=1S/C18H18FN3O3S/c1-3-11(2)20-15(23)10-21-14-8-9-26-16(14)17(24)22(18(21)25)13-7-5-4-6-12(13)19/h4-9,11H,3,10H2,1-2H3,(H,20,23). The molecule has 0 saturated heterocycles. The van der Waals surface area contributed by atoms with Crippen LogP contribution < -0.4 is 16.6 Å². The van der Waals surface area contributed by atoms with E-state index in [1.165, 1.54) is 22.8 Å². The summed E-state index contributed by atoms with van der Waals surface area (Å²) in [5.74, 6) is -1.02. The molecule has 136 valence electrons. The van der Waals surface area contributed by atoms with Crippen LogP contribution in [0.1, 0.15) is 20.3 Å². The van der Waals surface area contributed by atoms with E-state index in [9.17, 15) is 18.8 Å². The second-order valence-corrected chi connectivity index (χ2v) is 6.89. The molecule has 3 aromatic rings. The Morgan fingerprint density at radius 1 is 1.27 bits per heavy atom. The fourth-order valence-electron chi connectivity index (χ4n) is 2.65. The molecule has 26 heavy (non-hydrogen) atoms. The summed E-state index contributed by atoms with van der Waals surface area (Å²) in [6.45, 7) is 3.55. The molecule has 0 aliphatic rings. The molecular formula is C18H18FN3O3S. The molecule has 8 heteroatoms. The van der Waals surface area contributed by atoms with Crippen molar-refractivity contribution >= 4 is 27.5 Å². The number of carbonyl (C=O) groups is 1. The van der Waals surface area contributed by atoms with Crippen molar-refractivity contribution in [2.45, 2.75) is 32.9 Å². The van der Waals surface area contributed by atoms with Gasteiger partial charge in [-0.1, -0.05) is 19.1 Å². The van der Waals surface area contributed by atoms with Crippen LogP contribution in [0.15, 0.2) is 45.3 Å². The van der Waals surface area contributed by atoms with Crippen LogP contribution in [-0.2, 0) is 11.3 Å². The number of nitrogens with zero attached hydrogens (tertiary/aromatic N) is 2. The largest absolute Gasteiger partial charge is 0.352 e. The highest BCUT2D eigenvalue weighted by Crippen LogP contribution is 2.17. The molecule has 1 amide bonds. The molecule has 1 unspecified atom stereocenters. The average molecular weight is 375 g/mol. The number of fused-ring (bicyclic) bond motifs is 1. The molecule has 3 rings (SSSR count). The van der Waals surface area contributed by atoms with Gasteiger partial charge in [0.15, 0.2) is 0 Å². The molecule has 0 spiro atoms. The minimum absolute atomic E-state index is 0.0337. The van der Waals surface area contributed by atoms with E-state index in [-0.39, 0.29) is 24.2 Å². The third kappa shape index (κ3) is 3.20. The first-order chi connectivity index (χ1) is 12.4. The van der Waals surface area contributed by atoms with Gasteiger partial charge in [0, 0.05) is 6.04 Å². The zero-order valence-corrected chi connectivity index (χ0v) is 15.2. The van der Waals surface area contributed by atoms with Gasteiger partial charge in [-0.3, -0.25) is 14.2 Å². The molecule has 0 aliphatic carbocycles. The van der Waals surface area contributed by atoms with Gasteiger partial charge in [0.25, 0.3) is 5.56 Å². The predicted molar refractivity (Wildman–Crippen MR) is 99.5 cm³/mol.